The molecule has 7 nitrogen and oxygen atoms in total. The van der Waals surface area contributed by atoms with Crippen molar-refractivity contribution in [2.24, 2.45) is 5.16 Å². The topological polar surface area (TPSA) is 63.6 Å². The predicted molar refractivity (Wildman–Crippen MR) is 120 cm³/mol. The Morgan fingerprint density at radius 3 is 2.65 bits per heavy atom. The molecule has 1 unspecified atom stereocenters. The summed E-state index contributed by atoms with van der Waals surface area (Å²) in [6.45, 7) is 5.44. The summed E-state index contributed by atoms with van der Waals surface area (Å²) in [7, 11) is 3.44. The van der Waals surface area contributed by atoms with Gasteiger partial charge >= 0.3 is 0 Å². The number of ether oxygens (including phenoxy) is 2. The molecule has 2 aromatic rings. The molecule has 0 aliphatic carbocycles. The van der Waals surface area contributed by atoms with E-state index in [0.717, 1.165) is 48.8 Å². The fourth-order valence-corrected chi connectivity index (χ4v) is 4.17. The maximum Gasteiger partial charge on any atom is 0.269 e. The SMILES string of the molecule is COc1ccccc1C1=NOC(C)(C(=O)N(C)Cc2ccccc2N2CCOCC2)C1. The van der Waals surface area contributed by atoms with Crippen LogP contribution in [-0.4, -0.2) is 62.6 Å². The molecule has 2 aliphatic heterocycles. The van der Waals surface area contributed by atoms with Crippen molar-refractivity contribution < 1.29 is 19.1 Å². The minimum absolute atomic E-state index is 0.0991. The number of likely N-dealkylation sites (N-methyl/N-ethyl adjacent to an activating group) is 1. The number of morpholine rings is 1. The molecule has 7 heteroatoms. The van der Waals surface area contributed by atoms with E-state index in [0.29, 0.717) is 18.7 Å². The average molecular weight is 424 g/mol. The Labute approximate surface area is 183 Å². The molecule has 2 heterocycles. The van der Waals surface area contributed by atoms with E-state index >= 15 is 0 Å². The summed E-state index contributed by atoms with van der Waals surface area (Å²) in [6.07, 6.45) is 0.391. The molecular formula is C24H29N3O4. The van der Waals surface area contributed by atoms with Gasteiger partial charge in [-0.25, -0.2) is 0 Å². The van der Waals surface area contributed by atoms with Crippen LogP contribution in [0.4, 0.5) is 5.69 Å². The van der Waals surface area contributed by atoms with Gasteiger partial charge in [-0.3, -0.25) is 4.79 Å². The first-order valence-corrected chi connectivity index (χ1v) is 10.6. The third-order valence-electron chi connectivity index (χ3n) is 5.83. The summed E-state index contributed by atoms with van der Waals surface area (Å²) in [6, 6.07) is 15.9. The molecule has 1 fully saturated rings. The van der Waals surface area contributed by atoms with E-state index in [9.17, 15) is 4.79 Å². The molecule has 0 aromatic heterocycles. The highest BCUT2D eigenvalue weighted by Crippen LogP contribution is 2.32. The second-order valence-electron chi connectivity index (χ2n) is 8.13. The molecule has 1 amide bonds. The predicted octanol–water partition coefficient (Wildman–Crippen LogP) is 3.07. The van der Waals surface area contributed by atoms with Crippen LogP contribution < -0.4 is 9.64 Å². The summed E-state index contributed by atoms with van der Waals surface area (Å²) >= 11 is 0. The van der Waals surface area contributed by atoms with Gasteiger partial charge in [0.1, 0.15) is 5.75 Å². The maximum absolute atomic E-state index is 13.4. The number of benzene rings is 2. The normalized spacial score (nSPS) is 20.7. The first kappa shape index (κ1) is 21.2. The van der Waals surface area contributed by atoms with Crippen molar-refractivity contribution in [3.8, 4) is 5.75 Å². The van der Waals surface area contributed by atoms with E-state index in [1.807, 2.05) is 43.4 Å². The monoisotopic (exact) mass is 423 g/mol. The smallest absolute Gasteiger partial charge is 0.269 e. The van der Waals surface area contributed by atoms with Gasteiger partial charge in [-0.15, -0.1) is 0 Å². The summed E-state index contributed by atoms with van der Waals surface area (Å²) < 4.78 is 10.9. The number of hydrogen-bond acceptors (Lipinski definition) is 6. The molecule has 0 radical (unpaired) electrons. The Hall–Kier alpha value is -3.06. The molecular weight excluding hydrogens is 394 g/mol. The first-order chi connectivity index (χ1) is 15.0. The van der Waals surface area contributed by atoms with Crippen molar-refractivity contribution in [3.05, 3.63) is 59.7 Å². The molecule has 1 saturated heterocycles. The van der Waals surface area contributed by atoms with Gasteiger partial charge in [0.2, 0.25) is 5.60 Å². The average Bonchev–Trinajstić information content (AvgIpc) is 3.22. The van der Waals surface area contributed by atoms with Crippen molar-refractivity contribution >= 4 is 17.3 Å². The van der Waals surface area contributed by atoms with Crippen LogP contribution >= 0.6 is 0 Å². The number of anilines is 1. The van der Waals surface area contributed by atoms with Gasteiger partial charge in [-0.05, 0) is 30.7 Å². The first-order valence-electron chi connectivity index (χ1n) is 10.6. The Balaban J connectivity index is 1.47. The number of hydrogen-bond donors (Lipinski definition) is 0. The van der Waals surface area contributed by atoms with Crippen LogP contribution in [0.1, 0.15) is 24.5 Å². The summed E-state index contributed by atoms with van der Waals surface area (Å²) in [4.78, 5) is 23.1. The third kappa shape index (κ3) is 4.37. The highest BCUT2D eigenvalue weighted by atomic mass is 16.7. The number of amides is 1. The Kier molecular flexibility index (Phi) is 6.13. The lowest BCUT2D eigenvalue weighted by Gasteiger charge is -2.32. The lowest BCUT2D eigenvalue weighted by atomic mass is 9.94. The van der Waals surface area contributed by atoms with Gasteiger partial charge in [0.15, 0.2) is 0 Å². The highest BCUT2D eigenvalue weighted by molar-refractivity contribution is 6.07. The Morgan fingerprint density at radius 2 is 1.87 bits per heavy atom. The molecule has 0 N–H and O–H groups in total. The van der Waals surface area contributed by atoms with Crippen molar-refractivity contribution in [1.82, 2.24) is 4.90 Å². The third-order valence-corrected chi connectivity index (χ3v) is 5.83. The summed E-state index contributed by atoms with van der Waals surface area (Å²) in [5, 5.41) is 4.24. The maximum atomic E-state index is 13.4. The van der Waals surface area contributed by atoms with Crippen LogP contribution in [-0.2, 0) is 20.9 Å². The van der Waals surface area contributed by atoms with Crippen LogP contribution in [0, 0.1) is 0 Å². The Bertz CT molecular complexity index is 971. The van der Waals surface area contributed by atoms with Gasteiger partial charge in [-0.2, -0.15) is 0 Å². The van der Waals surface area contributed by atoms with E-state index in [1.54, 1.807) is 18.9 Å². The zero-order valence-electron chi connectivity index (χ0n) is 18.3. The van der Waals surface area contributed by atoms with E-state index in [2.05, 4.69) is 22.2 Å². The second kappa shape index (κ2) is 8.98. The van der Waals surface area contributed by atoms with Crippen LogP contribution in [0.25, 0.3) is 0 Å². The zero-order chi connectivity index (χ0) is 21.8. The standard InChI is InChI=1S/C24H29N3O4/c1-24(16-20(25-31-24)19-9-5-7-11-22(19)29-3)23(28)26(2)17-18-8-4-6-10-21(18)27-12-14-30-15-13-27/h4-11H,12-17H2,1-3H3. The van der Waals surface area contributed by atoms with Crippen molar-refractivity contribution in [1.29, 1.82) is 0 Å². The van der Waals surface area contributed by atoms with Crippen LogP contribution in [0.5, 0.6) is 5.75 Å². The molecule has 164 valence electrons. The van der Waals surface area contributed by atoms with Crippen molar-refractivity contribution in [3.63, 3.8) is 0 Å². The summed E-state index contributed by atoms with van der Waals surface area (Å²) in [5.74, 6) is 0.618. The van der Waals surface area contributed by atoms with E-state index < -0.39 is 5.60 Å². The lowest BCUT2D eigenvalue weighted by molar-refractivity contribution is -0.152. The van der Waals surface area contributed by atoms with Gasteiger partial charge in [0.05, 0.1) is 26.0 Å². The number of para-hydroxylation sites is 2. The molecule has 0 saturated carbocycles. The molecule has 4 rings (SSSR count). The fraction of sp³-hybridized carbons (Fsp3) is 0.417. The van der Waals surface area contributed by atoms with E-state index in [4.69, 9.17) is 14.3 Å². The quantitative estimate of drug-likeness (QED) is 0.715. The summed E-state index contributed by atoms with van der Waals surface area (Å²) in [5.41, 5.74) is 2.78. The van der Waals surface area contributed by atoms with Crippen LogP contribution in [0.15, 0.2) is 53.7 Å². The number of carbonyl (C=O) groups is 1. The minimum atomic E-state index is -1.04. The lowest BCUT2D eigenvalue weighted by Crippen LogP contribution is -2.45. The van der Waals surface area contributed by atoms with Gasteiger partial charge < -0.3 is 24.1 Å². The molecule has 2 aliphatic rings. The highest BCUT2D eigenvalue weighted by Gasteiger charge is 2.44. The van der Waals surface area contributed by atoms with E-state index in [-0.39, 0.29) is 5.91 Å². The van der Waals surface area contributed by atoms with Gasteiger partial charge in [0, 0.05) is 44.4 Å². The Morgan fingerprint density at radius 1 is 1.16 bits per heavy atom. The number of rotatable bonds is 6. The second-order valence-corrected chi connectivity index (χ2v) is 8.13. The molecule has 0 bridgehead atoms. The zero-order valence-corrected chi connectivity index (χ0v) is 18.3. The largest absolute Gasteiger partial charge is 0.496 e. The minimum Gasteiger partial charge on any atom is -0.496 e. The molecule has 31 heavy (non-hydrogen) atoms. The molecule has 2 aromatic carbocycles. The van der Waals surface area contributed by atoms with E-state index in [1.165, 1.54) is 0 Å². The number of methoxy groups -OCH3 is 1. The van der Waals surface area contributed by atoms with Crippen LogP contribution in [0.2, 0.25) is 0 Å². The number of oxime groups is 1. The fourth-order valence-electron chi connectivity index (χ4n) is 4.17. The molecule has 0 spiro atoms. The molecule has 1 atom stereocenters. The van der Waals surface area contributed by atoms with Crippen LogP contribution in [0.3, 0.4) is 0 Å². The van der Waals surface area contributed by atoms with Gasteiger partial charge in [-0.1, -0.05) is 35.5 Å². The number of carbonyl (C=O) groups excluding carboxylic acids is 1. The van der Waals surface area contributed by atoms with Crippen molar-refractivity contribution in [2.75, 3.05) is 45.4 Å². The van der Waals surface area contributed by atoms with Crippen molar-refractivity contribution in [2.45, 2.75) is 25.5 Å². The number of nitrogens with zero attached hydrogens (tertiary/aromatic N) is 3. The van der Waals surface area contributed by atoms with Gasteiger partial charge in [0.25, 0.3) is 5.91 Å².